The number of nitrogens with zero attached hydrogens (tertiary/aromatic N) is 1. The van der Waals surface area contributed by atoms with Crippen LogP contribution in [0.15, 0.2) is 42.5 Å². The Morgan fingerprint density at radius 3 is 2.50 bits per heavy atom. The molecule has 1 fully saturated rings. The number of nitrogens with one attached hydrogen (secondary N) is 3. The highest BCUT2D eigenvalue weighted by molar-refractivity contribution is 6.04. The quantitative estimate of drug-likeness (QED) is 0.517. The molecule has 0 spiro atoms. The second-order valence-corrected chi connectivity index (χ2v) is 6.39. The SMILES string of the molecule is Cl.Cl.NC(=O)c1cccc2[nH]c(-c3ccc(C(=O)N[C@H]4CCNC4)cc3)nc12. The van der Waals surface area contributed by atoms with Crippen LogP contribution in [0.25, 0.3) is 22.4 Å². The van der Waals surface area contributed by atoms with E-state index in [0.717, 1.165) is 30.6 Å². The first-order valence-electron chi connectivity index (χ1n) is 8.52. The first-order valence-corrected chi connectivity index (χ1v) is 8.52. The van der Waals surface area contributed by atoms with Gasteiger partial charge in [0.1, 0.15) is 11.3 Å². The van der Waals surface area contributed by atoms with Gasteiger partial charge in [-0.1, -0.05) is 18.2 Å². The van der Waals surface area contributed by atoms with Gasteiger partial charge in [-0.15, -0.1) is 24.8 Å². The number of fused-ring (bicyclic) bond motifs is 1. The number of benzene rings is 2. The predicted molar refractivity (Wildman–Crippen MR) is 113 cm³/mol. The van der Waals surface area contributed by atoms with E-state index < -0.39 is 5.91 Å². The summed E-state index contributed by atoms with van der Waals surface area (Å²) in [5.74, 6) is 0.0357. The molecule has 148 valence electrons. The largest absolute Gasteiger partial charge is 0.366 e. The number of aromatic nitrogens is 2. The number of imidazole rings is 1. The van der Waals surface area contributed by atoms with Crippen molar-refractivity contribution in [3.05, 3.63) is 53.6 Å². The van der Waals surface area contributed by atoms with Crippen LogP contribution >= 0.6 is 24.8 Å². The Bertz CT molecular complexity index is 982. The molecule has 1 aliphatic heterocycles. The van der Waals surface area contributed by atoms with Crippen molar-refractivity contribution in [1.29, 1.82) is 0 Å². The summed E-state index contributed by atoms with van der Waals surface area (Å²) in [5, 5.41) is 6.24. The summed E-state index contributed by atoms with van der Waals surface area (Å²) in [6.45, 7) is 1.74. The average molecular weight is 422 g/mol. The Kier molecular flexibility index (Phi) is 7.01. The van der Waals surface area contributed by atoms with Gasteiger partial charge in [-0.05, 0) is 37.2 Å². The van der Waals surface area contributed by atoms with E-state index in [1.165, 1.54) is 0 Å². The Labute approximate surface area is 174 Å². The van der Waals surface area contributed by atoms with Crippen molar-refractivity contribution in [1.82, 2.24) is 20.6 Å². The lowest BCUT2D eigenvalue weighted by Gasteiger charge is -2.11. The van der Waals surface area contributed by atoms with Gasteiger partial charge in [0.05, 0.1) is 11.1 Å². The summed E-state index contributed by atoms with van der Waals surface area (Å²) in [4.78, 5) is 31.5. The maximum atomic E-state index is 12.3. The molecular formula is C19H21Cl2N5O2. The minimum Gasteiger partial charge on any atom is -0.366 e. The van der Waals surface area contributed by atoms with Crippen LogP contribution in [0.2, 0.25) is 0 Å². The highest BCUT2D eigenvalue weighted by Crippen LogP contribution is 2.23. The number of aromatic amines is 1. The van der Waals surface area contributed by atoms with Crippen LogP contribution in [0.1, 0.15) is 27.1 Å². The van der Waals surface area contributed by atoms with Gasteiger partial charge in [0, 0.05) is 23.7 Å². The summed E-state index contributed by atoms with van der Waals surface area (Å²) in [6.07, 6.45) is 0.949. The van der Waals surface area contributed by atoms with E-state index in [2.05, 4.69) is 20.6 Å². The highest BCUT2D eigenvalue weighted by atomic mass is 35.5. The van der Waals surface area contributed by atoms with Crippen LogP contribution in [0.5, 0.6) is 0 Å². The molecule has 1 saturated heterocycles. The number of hydrogen-bond donors (Lipinski definition) is 4. The minimum atomic E-state index is -0.512. The van der Waals surface area contributed by atoms with E-state index >= 15 is 0 Å². The van der Waals surface area contributed by atoms with Crippen molar-refractivity contribution in [2.45, 2.75) is 12.5 Å². The molecule has 0 radical (unpaired) electrons. The monoisotopic (exact) mass is 421 g/mol. The molecule has 7 nitrogen and oxygen atoms in total. The van der Waals surface area contributed by atoms with Gasteiger partial charge >= 0.3 is 0 Å². The Morgan fingerprint density at radius 2 is 1.86 bits per heavy atom. The lowest BCUT2D eigenvalue weighted by atomic mass is 10.1. The molecule has 2 heterocycles. The van der Waals surface area contributed by atoms with E-state index in [1.54, 1.807) is 24.3 Å². The van der Waals surface area contributed by atoms with E-state index in [0.29, 0.717) is 22.5 Å². The summed E-state index contributed by atoms with van der Waals surface area (Å²) < 4.78 is 0. The van der Waals surface area contributed by atoms with Crippen molar-refractivity contribution in [3.63, 3.8) is 0 Å². The molecule has 1 aliphatic rings. The van der Waals surface area contributed by atoms with Crippen molar-refractivity contribution in [3.8, 4) is 11.4 Å². The second kappa shape index (κ2) is 9.05. The number of halogens is 2. The summed E-state index contributed by atoms with van der Waals surface area (Å²) in [5.41, 5.74) is 8.51. The zero-order valence-electron chi connectivity index (χ0n) is 14.9. The number of hydrogen-bond acceptors (Lipinski definition) is 4. The van der Waals surface area contributed by atoms with E-state index in [4.69, 9.17) is 5.73 Å². The van der Waals surface area contributed by atoms with Crippen molar-refractivity contribution >= 4 is 47.7 Å². The number of primary amides is 1. The normalized spacial score (nSPS) is 15.5. The number of para-hydroxylation sites is 1. The first-order chi connectivity index (χ1) is 12.6. The van der Waals surface area contributed by atoms with Gasteiger partial charge in [0.2, 0.25) is 0 Å². The maximum Gasteiger partial charge on any atom is 0.251 e. The molecule has 0 aliphatic carbocycles. The molecule has 0 unspecified atom stereocenters. The van der Waals surface area contributed by atoms with Crippen molar-refractivity contribution in [2.75, 3.05) is 13.1 Å². The second-order valence-electron chi connectivity index (χ2n) is 6.39. The van der Waals surface area contributed by atoms with Gasteiger partial charge in [0.25, 0.3) is 11.8 Å². The number of carbonyl (C=O) groups excluding carboxylic acids is 2. The molecule has 2 amide bonds. The third-order valence-electron chi connectivity index (χ3n) is 4.59. The molecule has 0 saturated carbocycles. The standard InChI is InChI=1S/C19H19N5O2.2ClH/c20-17(25)14-2-1-3-15-16(14)24-18(23-15)11-4-6-12(7-5-11)19(26)22-13-8-9-21-10-13;;/h1-7,13,21H,8-10H2,(H2,20,25)(H,22,26)(H,23,24);2*1H/t13-;;/m0../s1. The molecule has 2 aromatic carbocycles. The fourth-order valence-electron chi connectivity index (χ4n) is 3.19. The summed E-state index contributed by atoms with van der Waals surface area (Å²) in [6, 6.07) is 12.7. The Balaban J connectivity index is 0.00000140. The van der Waals surface area contributed by atoms with Gasteiger partial charge in [0.15, 0.2) is 0 Å². The third kappa shape index (κ3) is 4.27. The van der Waals surface area contributed by atoms with E-state index in [1.807, 2.05) is 18.2 Å². The van der Waals surface area contributed by atoms with E-state index in [9.17, 15) is 9.59 Å². The lowest BCUT2D eigenvalue weighted by molar-refractivity contribution is 0.0939. The van der Waals surface area contributed by atoms with Gasteiger partial charge in [-0.2, -0.15) is 0 Å². The Morgan fingerprint density at radius 1 is 1.11 bits per heavy atom. The number of amides is 2. The number of nitrogens with two attached hydrogens (primary N) is 1. The van der Waals surface area contributed by atoms with Crippen LogP contribution in [0, 0.1) is 0 Å². The topological polar surface area (TPSA) is 113 Å². The molecule has 3 aromatic rings. The summed E-state index contributed by atoms with van der Waals surface area (Å²) >= 11 is 0. The molecule has 1 aromatic heterocycles. The van der Waals surface area contributed by atoms with Crippen molar-refractivity contribution < 1.29 is 9.59 Å². The predicted octanol–water partition coefficient (Wildman–Crippen LogP) is 2.26. The van der Waals surface area contributed by atoms with Crippen molar-refractivity contribution in [2.24, 2.45) is 5.73 Å². The molecule has 0 bridgehead atoms. The number of carbonyl (C=O) groups is 2. The number of H-pyrrole nitrogens is 1. The highest BCUT2D eigenvalue weighted by Gasteiger charge is 2.18. The first kappa shape index (κ1) is 21.7. The van der Waals surface area contributed by atoms with Crippen LogP contribution < -0.4 is 16.4 Å². The van der Waals surface area contributed by atoms with Crippen LogP contribution in [0.3, 0.4) is 0 Å². The fraction of sp³-hybridized carbons (Fsp3) is 0.211. The fourth-order valence-corrected chi connectivity index (χ4v) is 3.19. The third-order valence-corrected chi connectivity index (χ3v) is 4.59. The Hall–Kier alpha value is -2.61. The molecule has 28 heavy (non-hydrogen) atoms. The molecular weight excluding hydrogens is 401 g/mol. The van der Waals surface area contributed by atoms with Crippen LogP contribution in [-0.2, 0) is 0 Å². The lowest BCUT2D eigenvalue weighted by Crippen LogP contribution is -2.36. The van der Waals surface area contributed by atoms with Gasteiger partial charge < -0.3 is 21.4 Å². The minimum absolute atomic E-state index is 0. The van der Waals surface area contributed by atoms with Crippen LogP contribution in [0.4, 0.5) is 0 Å². The van der Waals surface area contributed by atoms with E-state index in [-0.39, 0.29) is 36.8 Å². The summed E-state index contributed by atoms with van der Waals surface area (Å²) in [7, 11) is 0. The van der Waals surface area contributed by atoms with Crippen LogP contribution in [-0.4, -0.2) is 40.9 Å². The van der Waals surface area contributed by atoms with Gasteiger partial charge in [-0.25, -0.2) is 4.98 Å². The average Bonchev–Trinajstić information content (AvgIpc) is 3.30. The molecule has 1 atom stereocenters. The zero-order valence-corrected chi connectivity index (χ0v) is 16.5. The number of rotatable bonds is 4. The molecule has 4 rings (SSSR count). The zero-order chi connectivity index (χ0) is 18.1. The smallest absolute Gasteiger partial charge is 0.251 e. The van der Waals surface area contributed by atoms with Gasteiger partial charge in [-0.3, -0.25) is 9.59 Å². The molecule has 9 heteroatoms. The maximum absolute atomic E-state index is 12.3. The molecule has 5 N–H and O–H groups in total.